The zero-order chi connectivity index (χ0) is 29.1. The number of hydrogen-bond donors (Lipinski definition) is 2. The molecule has 3 N–H and O–H groups in total. The molecular weight excluding hydrogens is 555 g/mol. The van der Waals surface area contributed by atoms with Crippen LogP contribution in [0.5, 0.6) is 11.5 Å². The molecule has 0 aliphatic rings. The van der Waals surface area contributed by atoms with Gasteiger partial charge in [0.15, 0.2) is 17.7 Å². The second kappa shape index (κ2) is 15.3. The molecule has 0 bridgehead atoms. The Labute approximate surface area is 243 Å². The van der Waals surface area contributed by atoms with Crippen molar-refractivity contribution in [2.75, 3.05) is 13.2 Å². The summed E-state index contributed by atoms with van der Waals surface area (Å²) in [5.74, 6) is -2.53. The van der Waals surface area contributed by atoms with Crippen molar-refractivity contribution >= 4 is 41.0 Å². The Bertz CT molecular complexity index is 1300. The third kappa shape index (κ3) is 8.71. The summed E-state index contributed by atoms with van der Waals surface area (Å²) in [6, 6.07) is 18.8. The van der Waals surface area contributed by atoms with Crippen LogP contribution in [0.1, 0.15) is 53.0 Å². The van der Waals surface area contributed by atoms with Crippen molar-refractivity contribution < 1.29 is 28.6 Å². The van der Waals surface area contributed by atoms with E-state index < -0.39 is 30.0 Å². The van der Waals surface area contributed by atoms with Crippen LogP contribution >= 0.6 is 23.2 Å². The van der Waals surface area contributed by atoms with Crippen molar-refractivity contribution in [2.45, 2.75) is 39.3 Å². The molecule has 40 heavy (non-hydrogen) atoms. The normalized spacial score (nSPS) is 11.6. The second-order valence-electron chi connectivity index (χ2n) is 9.22. The number of halogens is 2. The number of nitrogens with one attached hydrogen (secondary N) is 1. The molecule has 0 unspecified atom stereocenters. The quantitative estimate of drug-likeness (QED) is 0.112. The highest BCUT2D eigenvalue weighted by Crippen LogP contribution is 2.43. The minimum atomic E-state index is -1.02. The molecule has 0 spiro atoms. The van der Waals surface area contributed by atoms with E-state index >= 15 is 0 Å². The predicted molar refractivity (Wildman–Crippen MR) is 154 cm³/mol. The zero-order valence-electron chi connectivity index (χ0n) is 22.3. The van der Waals surface area contributed by atoms with Gasteiger partial charge in [-0.05, 0) is 43.1 Å². The summed E-state index contributed by atoms with van der Waals surface area (Å²) in [6.45, 7) is 4.14. The standard InChI is InChI=1S/C30H32Cl2N2O6/c1-19(2)29(36)39-24(17-20-11-5-3-6-12-20)34-28(35)22-18-23(31)27(38-16-10-9-15-33)25(32)26(22)40-30(37)21-13-7-4-8-14-21/h3-8,11-14,18-19,24H,9-10,15-17,33H2,1-2H3,(H,34,35)/t24-/m1/s1. The van der Waals surface area contributed by atoms with Gasteiger partial charge in [-0.2, -0.15) is 0 Å². The van der Waals surface area contributed by atoms with Gasteiger partial charge < -0.3 is 25.3 Å². The minimum absolute atomic E-state index is 0.0428. The lowest BCUT2D eigenvalue weighted by Gasteiger charge is -2.22. The summed E-state index contributed by atoms with van der Waals surface area (Å²) >= 11 is 13.1. The van der Waals surface area contributed by atoms with Crippen LogP contribution in [0.4, 0.5) is 0 Å². The zero-order valence-corrected chi connectivity index (χ0v) is 23.8. The number of unbranched alkanes of at least 4 members (excludes halogenated alkanes) is 1. The van der Waals surface area contributed by atoms with E-state index in [0.29, 0.717) is 13.0 Å². The maximum atomic E-state index is 13.6. The van der Waals surface area contributed by atoms with E-state index in [2.05, 4.69) is 5.32 Å². The van der Waals surface area contributed by atoms with Gasteiger partial charge in [-0.3, -0.25) is 9.59 Å². The highest BCUT2D eigenvalue weighted by Gasteiger charge is 2.28. The molecule has 3 aromatic rings. The Kier molecular flexibility index (Phi) is 11.8. The summed E-state index contributed by atoms with van der Waals surface area (Å²) in [4.78, 5) is 39.0. The van der Waals surface area contributed by atoms with Gasteiger partial charge in [-0.1, -0.05) is 85.6 Å². The largest absolute Gasteiger partial charge is 0.490 e. The molecule has 0 fully saturated rings. The fraction of sp³-hybridized carbons (Fsp3) is 0.300. The minimum Gasteiger partial charge on any atom is -0.490 e. The van der Waals surface area contributed by atoms with Crippen molar-refractivity contribution in [2.24, 2.45) is 11.7 Å². The maximum absolute atomic E-state index is 13.6. The highest BCUT2D eigenvalue weighted by atomic mass is 35.5. The van der Waals surface area contributed by atoms with Crippen molar-refractivity contribution in [3.63, 3.8) is 0 Å². The topological polar surface area (TPSA) is 117 Å². The predicted octanol–water partition coefficient (Wildman–Crippen LogP) is 5.83. The molecular formula is C30H32Cl2N2O6. The monoisotopic (exact) mass is 586 g/mol. The SMILES string of the molecule is CC(C)C(=O)O[C@H](Cc1ccccc1)NC(=O)c1cc(Cl)c(OCCCCN)c(Cl)c1OC(=O)c1ccccc1. The Balaban J connectivity index is 1.96. The molecule has 3 aromatic carbocycles. The van der Waals surface area contributed by atoms with E-state index in [4.69, 9.17) is 43.1 Å². The van der Waals surface area contributed by atoms with E-state index in [1.54, 1.807) is 44.2 Å². The molecule has 212 valence electrons. The molecule has 0 aliphatic carbocycles. The van der Waals surface area contributed by atoms with Gasteiger partial charge in [0.05, 0.1) is 28.7 Å². The first-order valence-electron chi connectivity index (χ1n) is 12.9. The molecule has 0 radical (unpaired) electrons. The highest BCUT2D eigenvalue weighted by molar-refractivity contribution is 6.39. The van der Waals surface area contributed by atoms with Crippen LogP contribution in [0.15, 0.2) is 66.7 Å². The van der Waals surface area contributed by atoms with Gasteiger partial charge in [0.1, 0.15) is 5.02 Å². The maximum Gasteiger partial charge on any atom is 0.343 e. The molecule has 0 saturated carbocycles. The fourth-order valence-corrected chi connectivity index (χ4v) is 4.19. The Hall–Kier alpha value is -3.59. The number of nitrogens with two attached hydrogens (primary N) is 1. The Morgan fingerprint density at radius 3 is 2.20 bits per heavy atom. The number of ether oxygens (including phenoxy) is 3. The summed E-state index contributed by atoms with van der Waals surface area (Å²) in [5, 5.41) is 2.61. The third-order valence-corrected chi connectivity index (χ3v) is 6.33. The summed E-state index contributed by atoms with van der Waals surface area (Å²) in [7, 11) is 0. The van der Waals surface area contributed by atoms with Gasteiger partial charge in [-0.15, -0.1) is 0 Å². The lowest BCUT2D eigenvalue weighted by Crippen LogP contribution is -2.41. The van der Waals surface area contributed by atoms with E-state index in [-0.39, 0.29) is 45.7 Å². The molecule has 1 atom stereocenters. The lowest BCUT2D eigenvalue weighted by atomic mass is 10.1. The second-order valence-corrected chi connectivity index (χ2v) is 10.0. The molecule has 0 saturated heterocycles. The first-order valence-corrected chi connectivity index (χ1v) is 13.6. The Morgan fingerprint density at radius 1 is 0.925 bits per heavy atom. The Morgan fingerprint density at radius 2 is 1.57 bits per heavy atom. The van der Waals surface area contributed by atoms with Crippen LogP contribution in [0.3, 0.4) is 0 Å². The molecule has 0 aromatic heterocycles. The van der Waals surface area contributed by atoms with Crippen molar-refractivity contribution in [3.05, 3.63) is 93.5 Å². The molecule has 8 nitrogen and oxygen atoms in total. The number of benzene rings is 3. The molecule has 10 heteroatoms. The van der Waals surface area contributed by atoms with Gasteiger partial charge >= 0.3 is 11.9 Å². The van der Waals surface area contributed by atoms with E-state index in [1.165, 1.54) is 6.07 Å². The van der Waals surface area contributed by atoms with Crippen LogP contribution in [-0.2, 0) is 16.0 Å². The summed E-state index contributed by atoms with van der Waals surface area (Å²) < 4.78 is 17.0. The average molecular weight is 588 g/mol. The first kappa shape index (κ1) is 30.9. The smallest absolute Gasteiger partial charge is 0.343 e. The number of carbonyl (C=O) groups is 3. The molecule has 0 aliphatic heterocycles. The fourth-order valence-electron chi connectivity index (χ4n) is 3.58. The van der Waals surface area contributed by atoms with Crippen LogP contribution in [0.2, 0.25) is 10.0 Å². The number of rotatable bonds is 13. The summed E-state index contributed by atoms with van der Waals surface area (Å²) in [6.07, 6.45) is 0.553. The van der Waals surface area contributed by atoms with Crippen LogP contribution in [0.25, 0.3) is 0 Å². The number of carbonyl (C=O) groups excluding carboxylic acids is 3. The van der Waals surface area contributed by atoms with Gasteiger partial charge in [0, 0.05) is 6.42 Å². The van der Waals surface area contributed by atoms with Gasteiger partial charge in [0.2, 0.25) is 0 Å². The van der Waals surface area contributed by atoms with E-state index in [1.807, 2.05) is 30.3 Å². The number of amides is 1. The van der Waals surface area contributed by atoms with Gasteiger partial charge in [0.25, 0.3) is 5.91 Å². The van der Waals surface area contributed by atoms with Crippen LogP contribution in [0, 0.1) is 5.92 Å². The molecule has 3 rings (SSSR count). The van der Waals surface area contributed by atoms with E-state index in [9.17, 15) is 14.4 Å². The van der Waals surface area contributed by atoms with Crippen molar-refractivity contribution in [3.8, 4) is 11.5 Å². The van der Waals surface area contributed by atoms with Crippen molar-refractivity contribution in [1.82, 2.24) is 5.32 Å². The number of esters is 2. The lowest BCUT2D eigenvalue weighted by molar-refractivity contribution is -0.153. The van der Waals surface area contributed by atoms with Crippen molar-refractivity contribution in [1.29, 1.82) is 0 Å². The molecule has 0 heterocycles. The summed E-state index contributed by atoms with van der Waals surface area (Å²) in [5.41, 5.74) is 6.50. The van der Waals surface area contributed by atoms with Crippen LogP contribution in [-0.4, -0.2) is 37.2 Å². The third-order valence-electron chi connectivity index (χ3n) is 5.71. The van der Waals surface area contributed by atoms with E-state index in [0.717, 1.165) is 12.0 Å². The average Bonchev–Trinajstić information content (AvgIpc) is 2.94. The van der Waals surface area contributed by atoms with Gasteiger partial charge in [-0.25, -0.2) is 4.79 Å². The molecule has 1 amide bonds. The first-order chi connectivity index (χ1) is 19.2. The number of hydrogen-bond acceptors (Lipinski definition) is 7. The van der Waals surface area contributed by atoms with Crippen LogP contribution < -0.4 is 20.5 Å².